The molecule has 5 nitrogen and oxygen atoms in total. The third kappa shape index (κ3) is 3.71. The molecular weight excluding hydrogens is 222 g/mol. The Morgan fingerprint density at radius 3 is 2.76 bits per heavy atom. The van der Waals surface area contributed by atoms with Crippen LogP contribution >= 0.6 is 0 Å². The van der Waals surface area contributed by atoms with E-state index in [4.69, 9.17) is 9.84 Å². The molecule has 0 bridgehead atoms. The molecule has 5 heteroatoms. The van der Waals surface area contributed by atoms with Gasteiger partial charge < -0.3 is 14.4 Å². The third-order valence-corrected chi connectivity index (χ3v) is 2.40. The third-order valence-electron chi connectivity index (χ3n) is 2.40. The van der Waals surface area contributed by atoms with Gasteiger partial charge in [0.15, 0.2) is 5.43 Å². The van der Waals surface area contributed by atoms with Crippen molar-refractivity contribution in [1.29, 1.82) is 0 Å². The molecule has 1 aromatic rings. The lowest BCUT2D eigenvalue weighted by Gasteiger charge is -2.11. The molecule has 0 amide bonds. The van der Waals surface area contributed by atoms with Gasteiger partial charge >= 0.3 is 5.97 Å². The van der Waals surface area contributed by atoms with E-state index >= 15 is 0 Å². The summed E-state index contributed by atoms with van der Waals surface area (Å²) in [5.74, 6) is -1.20. The molecule has 0 saturated carbocycles. The molecule has 0 spiro atoms. The Kier molecular flexibility index (Phi) is 4.90. The Hall–Kier alpha value is -1.62. The number of hydrogen-bond acceptors (Lipinski definition) is 3. The zero-order valence-corrected chi connectivity index (χ0v) is 10.1. The summed E-state index contributed by atoms with van der Waals surface area (Å²) in [6, 6.07) is 1.34. The first kappa shape index (κ1) is 13.4. The van der Waals surface area contributed by atoms with Crippen molar-refractivity contribution >= 4 is 5.97 Å². The zero-order valence-electron chi connectivity index (χ0n) is 10.1. The highest BCUT2D eigenvalue weighted by Crippen LogP contribution is 2.00. The smallest absolute Gasteiger partial charge is 0.341 e. The molecule has 0 aromatic carbocycles. The Bertz CT molecular complexity index is 450. The molecule has 0 aliphatic heterocycles. The van der Waals surface area contributed by atoms with Gasteiger partial charge in [0.2, 0.25) is 0 Å². The van der Waals surface area contributed by atoms with Gasteiger partial charge in [-0.3, -0.25) is 4.79 Å². The van der Waals surface area contributed by atoms with Crippen molar-refractivity contribution in [3.8, 4) is 0 Å². The lowest BCUT2D eigenvalue weighted by Crippen LogP contribution is -2.20. The van der Waals surface area contributed by atoms with Crippen molar-refractivity contribution in [2.45, 2.75) is 26.8 Å². The number of carbonyl (C=O) groups is 1. The molecule has 0 aliphatic carbocycles. The lowest BCUT2D eigenvalue weighted by atomic mass is 10.2. The number of aryl methyl sites for hydroxylation is 1. The molecule has 0 fully saturated rings. The molecule has 0 aliphatic rings. The standard InChI is InChI=1S/C12H17NO4/c1-3-5-17-6-4-13-8-10(12(15)16)11(14)7-9(13)2/h7-8H,3-6H2,1-2H3,(H,15,16). The first-order chi connectivity index (χ1) is 8.06. The Balaban J connectivity index is 2.81. The van der Waals surface area contributed by atoms with Crippen LogP contribution in [-0.2, 0) is 11.3 Å². The maximum Gasteiger partial charge on any atom is 0.341 e. The molecular formula is C12H17NO4. The fraction of sp³-hybridized carbons (Fsp3) is 0.500. The highest BCUT2D eigenvalue weighted by Gasteiger charge is 2.10. The molecule has 1 heterocycles. The van der Waals surface area contributed by atoms with Crippen molar-refractivity contribution < 1.29 is 14.6 Å². The van der Waals surface area contributed by atoms with Crippen molar-refractivity contribution in [3.05, 3.63) is 33.7 Å². The maximum absolute atomic E-state index is 11.4. The second-order valence-electron chi connectivity index (χ2n) is 3.80. The molecule has 1 aromatic heterocycles. The number of rotatable bonds is 6. The normalized spacial score (nSPS) is 10.5. The molecule has 1 rings (SSSR count). The van der Waals surface area contributed by atoms with Gasteiger partial charge in [-0.25, -0.2) is 4.79 Å². The summed E-state index contributed by atoms with van der Waals surface area (Å²) in [7, 11) is 0. The number of aromatic nitrogens is 1. The van der Waals surface area contributed by atoms with Crippen LogP contribution in [0.3, 0.4) is 0 Å². The van der Waals surface area contributed by atoms with Gasteiger partial charge in [0, 0.05) is 31.1 Å². The number of hydrogen-bond donors (Lipinski definition) is 1. The van der Waals surface area contributed by atoms with Crippen molar-refractivity contribution in [1.82, 2.24) is 4.57 Å². The van der Waals surface area contributed by atoms with E-state index in [1.807, 2.05) is 6.92 Å². The van der Waals surface area contributed by atoms with Gasteiger partial charge in [0.25, 0.3) is 0 Å². The number of pyridine rings is 1. The summed E-state index contributed by atoms with van der Waals surface area (Å²) in [4.78, 5) is 22.2. The quantitative estimate of drug-likeness (QED) is 0.759. The predicted molar refractivity (Wildman–Crippen MR) is 63.5 cm³/mol. The highest BCUT2D eigenvalue weighted by atomic mass is 16.5. The van der Waals surface area contributed by atoms with E-state index in [1.54, 1.807) is 11.5 Å². The number of nitrogens with zero attached hydrogens (tertiary/aromatic N) is 1. The van der Waals surface area contributed by atoms with Crippen LogP contribution in [0.5, 0.6) is 0 Å². The van der Waals surface area contributed by atoms with Crippen LogP contribution in [0.15, 0.2) is 17.1 Å². The molecule has 0 saturated heterocycles. The summed E-state index contributed by atoms with van der Waals surface area (Å²) in [6.45, 7) is 5.54. The van der Waals surface area contributed by atoms with Crippen molar-refractivity contribution in [2.24, 2.45) is 0 Å². The average molecular weight is 239 g/mol. The second kappa shape index (κ2) is 6.20. The van der Waals surface area contributed by atoms with E-state index in [2.05, 4.69) is 0 Å². The van der Waals surface area contributed by atoms with E-state index in [1.165, 1.54) is 12.3 Å². The van der Waals surface area contributed by atoms with Crippen LogP contribution in [0.4, 0.5) is 0 Å². The molecule has 0 radical (unpaired) electrons. The topological polar surface area (TPSA) is 68.5 Å². The maximum atomic E-state index is 11.4. The molecule has 94 valence electrons. The number of ether oxygens (including phenoxy) is 1. The van der Waals surface area contributed by atoms with Crippen LogP contribution < -0.4 is 5.43 Å². The van der Waals surface area contributed by atoms with Gasteiger partial charge in [0.1, 0.15) is 5.56 Å². The summed E-state index contributed by atoms with van der Waals surface area (Å²) in [5.41, 5.74) is 0.0758. The van der Waals surface area contributed by atoms with Crippen LogP contribution in [0.2, 0.25) is 0 Å². The van der Waals surface area contributed by atoms with E-state index in [0.29, 0.717) is 19.8 Å². The molecule has 0 unspecified atom stereocenters. The minimum atomic E-state index is -1.20. The van der Waals surface area contributed by atoms with Crippen molar-refractivity contribution in [2.75, 3.05) is 13.2 Å². The first-order valence-electron chi connectivity index (χ1n) is 5.58. The monoisotopic (exact) mass is 239 g/mol. The zero-order chi connectivity index (χ0) is 12.8. The van der Waals surface area contributed by atoms with Crippen LogP contribution in [0, 0.1) is 6.92 Å². The fourth-order valence-corrected chi connectivity index (χ4v) is 1.48. The Labute approximate surface area is 99.6 Å². The SMILES string of the molecule is CCCOCCn1cc(C(=O)O)c(=O)cc1C. The van der Waals surface area contributed by atoms with Gasteiger partial charge in [0.05, 0.1) is 6.61 Å². The minimum Gasteiger partial charge on any atom is -0.477 e. The summed E-state index contributed by atoms with van der Waals surface area (Å²) in [5, 5.41) is 8.85. The van der Waals surface area contributed by atoms with Gasteiger partial charge in [-0.05, 0) is 13.3 Å². The molecule has 0 atom stereocenters. The Morgan fingerprint density at radius 2 is 2.18 bits per heavy atom. The van der Waals surface area contributed by atoms with Crippen LogP contribution in [-0.4, -0.2) is 28.9 Å². The highest BCUT2D eigenvalue weighted by molar-refractivity contribution is 5.87. The van der Waals surface area contributed by atoms with E-state index in [-0.39, 0.29) is 5.56 Å². The molecule has 17 heavy (non-hydrogen) atoms. The number of carboxylic acid groups (broad SMARTS) is 1. The molecule has 1 N–H and O–H groups in total. The largest absolute Gasteiger partial charge is 0.477 e. The summed E-state index contributed by atoms with van der Waals surface area (Å²) in [6.07, 6.45) is 2.32. The van der Waals surface area contributed by atoms with Crippen molar-refractivity contribution in [3.63, 3.8) is 0 Å². The van der Waals surface area contributed by atoms with Crippen LogP contribution in [0.1, 0.15) is 29.4 Å². The number of carboxylic acids is 1. The second-order valence-corrected chi connectivity index (χ2v) is 3.80. The van der Waals surface area contributed by atoms with E-state index < -0.39 is 11.4 Å². The summed E-state index contributed by atoms with van der Waals surface area (Å²) >= 11 is 0. The van der Waals surface area contributed by atoms with Gasteiger partial charge in [-0.15, -0.1) is 0 Å². The average Bonchev–Trinajstić information content (AvgIpc) is 2.26. The summed E-state index contributed by atoms with van der Waals surface area (Å²) < 4.78 is 7.05. The van der Waals surface area contributed by atoms with Gasteiger partial charge in [-0.1, -0.05) is 6.92 Å². The van der Waals surface area contributed by atoms with Gasteiger partial charge in [-0.2, -0.15) is 0 Å². The predicted octanol–water partition coefficient (Wildman–Crippen LogP) is 1.28. The first-order valence-corrected chi connectivity index (χ1v) is 5.58. The minimum absolute atomic E-state index is 0.203. The Morgan fingerprint density at radius 1 is 1.47 bits per heavy atom. The lowest BCUT2D eigenvalue weighted by molar-refractivity contribution is 0.0693. The van der Waals surface area contributed by atoms with E-state index in [9.17, 15) is 9.59 Å². The van der Waals surface area contributed by atoms with Crippen LogP contribution in [0.25, 0.3) is 0 Å². The fourth-order valence-electron chi connectivity index (χ4n) is 1.48. The number of aromatic carboxylic acids is 1. The van der Waals surface area contributed by atoms with E-state index in [0.717, 1.165) is 12.1 Å².